The van der Waals surface area contributed by atoms with Crippen molar-refractivity contribution in [2.75, 3.05) is 11.9 Å². The van der Waals surface area contributed by atoms with E-state index in [1.54, 1.807) is 0 Å². The van der Waals surface area contributed by atoms with E-state index in [4.69, 9.17) is 0 Å². The summed E-state index contributed by atoms with van der Waals surface area (Å²) in [6.07, 6.45) is 0.999. The molecule has 0 bridgehead atoms. The fourth-order valence-corrected chi connectivity index (χ4v) is 2.24. The SMILES string of the molecule is Cc1cccc(C)c1NC(=O)C1CCNC(=O)C1. The Morgan fingerprint density at radius 3 is 2.61 bits per heavy atom. The van der Waals surface area contributed by atoms with Gasteiger partial charge in [0.05, 0.1) is 0 Å². The van der Waals surface area contributed by atoms with Crippen LogP contribution in [-0.2, 0) is 9.59 Å². The number of amides is 2. The van der Waals surface area contributed by atoms with Crippen molar-refractivity contribution in [1.82, 2.24) is 5.32 Å². The Kier molecular flexibility index (Phi) is 3.65. The summed E-state index contributed by atoms with van der Waals surface area (Å²) < 4.78 is 0. The monoisotopic (exact) mass is 246 g/mol. The first-order valence-corrected chi connectivity index (χ1v) is 6.21. The summed E-state index contributed by atoms with van der Waals surface area (Å²) in [6, 6.07) is 5.90. The van der Waals surface area contributed by atoms with E-state index in [0.29, 0.717) is 13.0 Å². The molecule has 0 aliphatic carbocycles. The zero-order valence-corrected chi connectivity index (χ0v) is 10.7. The number of carbonyl (C=O) groups is 2. The molecule has 1 unspecified atom stereocenters. The molecule has 1 aliphatic heterocycles. The predicted octanol–water partition coefficient (Wildman–Crippen LogP) is 1.77. The molecule has 4 nitrogen and oxygen atoms in total. The minimum Gasteiger partial charge on any atom is -0.356 e. The zero-order chi connectivity index (χ0) is 13.1. The van der Waals surface area contributed by atoms with Crippen molar-refractivity contribution in [3.05, 3.63) is 29.3 Å². The van der Waals surface area contributed by atoms with Gasteiger partial charge in [0.15, 0.2) is 0 Å². The maximum atomic E-state index is 12.1. The van der Waals surface area contributed by atoms with Crippen LogP contribution < -0.4 is 10.6 Å². The first-order valence-electron chi connectivity index (χ1n) is 6.21. The van der Waals surface area contributed by atoms with Crippen LogP contribution in [0.1, 0.15) is 24.0 Å². The number of hydrogen-bond acceptors (Lipinski definition) is 2. The van der Waals surface area contributed by atoms with Crippen LogP contribution in [0.15, 0.2) is 18.2 Å². The zero-order valence-electron chi connectivity index (χ0n) is 10.7. The molecule has 2 rings (SSSR count). The molecule has 96 valence electrons. The lowest BCUT2D eigenvalue weighted by Gasteiger charge is -2.22. The summed E-state index contributed by atoms with van der Waals surface area (Å²) in [5.41, 5.74) is 2.96. The van der Waals surface area contributed by atoms with Crippen molar-refractivity contribution < 1.29 is 9.59 Å². The average Bonchev–Trinajstić information content (AvgIpc) is 2.34. The van der Waals surface area contributed by atoms with Crippen molar-refractivity contribution >= 4 is 17.5 Å². The second kappa shape index (κ2) is 5.21. The Morgan fingerprint density at radius 2 is 2.00 bits per heavy atom. The van der Waals surface area contributed by atoms with E-state index in [0.717, 1.165) is 16.8 Å². The van der Waals surface area contributed by atoms with Gasteiger partial charge >= 0.3 is 0 Å². The predicted molar refractivity (Wildman–Crippen MR) is 70.3 cm³/mol. The number of para-hydroxylation sites is 1. The summed E-state index contributed by atoms with van der Waals surface area (Å²) in [6.45, 7) is 4.52. The van der Waals surface area contributed by atoms with E-state index in [1.165, 1.54) is 0 Å². The lowest BCUT2D eigenvalue weighted by Crippen LogP contribution is -2.38. The molecule has 0 saturated carbocycles. The number of hydrogen-bond donors (Lipinski definition) is 2. The Morgan fingerprint density at radius 1 is 1.33 bits per heavy atom. The van der Waals surface area contributed by atoms with Crippen LogP contribution >= 0.6 is 0 Å². The Balaban J connectivity index is 2.09. The molecule has 0 aromatic heterocycles. The largest absolute Gasteiger partial charge is 0.356 e. The molecule has 4 heteroatoms. The number of benzene rings is 1. The molecular formula is C14H18N2O2. The quantitative estimate of drug-likeness (QED) is 0.835. The van der Waals surface area contributed by atoms with Gasteiger partial charge in [-0.15, -0.1) is 0 Å². The summed E-state index contributed by atoms with van der Waals surface area (Å²) >= 11 is 0. The topological polar surface area (TPSA) is 58.2 Å². The number of aryl methyl sites for hydroxylation is 2. The van der Waals surface area contributed by atoms with Crippen molar-refractivity contribution in [2.45, 2.75) is 26.7 Å². The second-order valence-corrected chi connectivity index (χ2v) is 4.80. The highest BCUT2D eigenvalue weighted by atomic mass is 16.2. The smallest absolute Gasteiger partial charge is 0.228 e. The van der Waals surface area contributed by atoms with Crippen LogP contribution in [0.4, 0.5) is 5.69 Å². The Bertz CT molecular complexity index is 462. The molecule has 0 spiro atoms. The summed E-state index contributed by atoms with van der Waals surface area (Å²) in [4.78, 5) is 23.4. The standard InChI is InChI=1S/C14H18N2O2/c1-9-4-3-5-10(2)13(9)16-14(18)11-6-7-15-12(17)8-11/h3-5,11H,6-8H2,1-2H3,(H,15,17)(H,16,18). The molecule has 18 heavy (non-hydrogen) atoms. The van der Waals surface area contributed by atoms with Gasteiger partial charge in [-0.1, -0.05) is 18.2 Å². The lowest BCUT2D eigenvalue weighted by atomic mass is 9.96. The van der Waals surface area contributed by atoms with Crippen LogP contribution in [0.2, 0.25) is 0 Å². The fraction of sp³-hybridized carbons (Fsp3) is 0.429. The third-order valence-corrected chi connectivity index (χ3v) is 3.35. The number of rotatable bonds is 2. The summed E-state index contributed by atoms with van der Waals surface area (Å²) in [7, 11) is 0. The minimum atomic E-state index is -0.210. The van der Waals surface area contributed by atoms with Gasteiger partial charge in [-0.25, -0.2) is 0 Å². The lowest BCUT2D eigenvalue weighted by molar-refractivity contribution is -0.129. The molecule has 1 aliphatic rings. The van der Waals surface area contributed by atoms with Gasteiger partial charge in [0.2, 0.25) is 11.8 Å². The maximum absolute atomic E-state index is 12.1. The van der Waals surface area contributed by atoms with Gasteiger partial charge in [-0.2, -0.15) is 0 Å². The third-order valence-electron chi connectivity index (χ3n) is 3.35. The molecule has 1 aromatic rings. The molecular weight excluding hydrogens is 228 g/mol. The molecule has 2 amide bonds. The number of carbonyl (C=O) groups excluding carboxylic acids is 2. The fourth-order valence-electron chi connectivity index (χ4n) is 2.24. The minimum absolute atomic E-state index is 0.0390. The van der Waals surface area contributed by atoms with E-state index in [2.05, 4.69) is 10.6 Å². The first kappa shape index (κ1) is 12.6. The highest BCUT2D eigenvalue weighted by molar-refractivity contribution is 5.96. The van der Waals surface area contributed by atoms with E-state index in [-0.39, 0.29) is 24.2 Å². The molecule has 1 heterocycles. The number of nitrogens with one attached hydrogen (secondary N) is 2. The third kappa shape index (κ3) is 2.70. The van der Waals surface area contributed by atoms with Crippen LogP contribution in [0.3, 0.4) is 0 Å². The Labute approximate surface area is 107 Å². The van der Waals surface area contributed by atoms with E-state index < -0.39 is 0 Å². The normalized spacial score (nSPS) is 19.2. The maximum Gasteiger partial charge on any atom is 0.228 e. The average molecular weight is 246 g/mol. The van der Waals surface area contributed by atoms with Crippen LogP contribution in [-0.4, -0.2) is 18.4 Å². The van der Waals surface area contributed by atoms with Crippen LogP contribution in [0, 0.1) is 19.8 Å². The van der Waals surface area contributed by atoms with Gasteiger partial charge < -0.3 is 10.6 Å². The van der Waals surface area contributed by atoms with Crippen LogP contribution in [0.25, 0.3) is 0 Å². The summed E-state index contributed by atoms with van der Waals surface area (Å²) in [5.74, 6) is -0.303. The van der Waals surface area contributed by atoms with Gasteiger partial charge in [-0.05, 0) is 31.4 Å². The highest BCUT2D eigenvalue weighted by Gasteiger charge is 2.25. The van der Waals surface area contributed by atoms with E-state index >= 15 is 0 Å². The van der Waals surface area contributed by atoms with Crippen molar-refractivity contribution in [3.8, 4) is 0 Å². The highest BCUT2D eigenvalue weighted by Crippen LogP contribution is 2.22. The molecule has 1 atom stereocenters. The summed E-state index contributed by atoms with van der Waals surface area (Å²) in [5, 5.41) is 5.68. The number of piperidine rings is 1. The van der Waals surface area contributed by atoms with Crippen molar-refractivity contribution in [2.24, 2.45) is 5.92 Å². The van der Waals surface area contributed by atoms with E-state index in [9.17, 15) is 9.59 Å². The van der Waals surface area contributed by atoms with E-state index in [1.807, 2.05) is 32.0 Å². The molecule has 1 aromatic carbocycles. The first-order chi connectivity index (χ1) is 8.58. The second-order valence-electron chi connectivity index (χ2n) is 4.80. The molecule has 0 radical (unpaired) electrons. The van der Waals surface area contributed by atoms with Crippen molar-refractivity contribution in [1.29, 1.82) is 0 Å². The Hall–Kier alpha value is -1.84. The van der Waals surface area contributed by atoms with Crippen LogP contribution in [0.5, 0.6) is 0 Å². The van der Waals surface area contributed by atoms with Gasteiger partial charge in [-0.3, -0.25) is 9.59 Å². The molecule has 1 saturated heterocycles. The van der Waals surface area contributed by atoms with Gasteiger partial charge in [0, 0.05) is 24.6 Å². The number of anilines is 1. The van der Waals surface area contributed by atoms with Gasteiger partial charge in [0.1, 0.15) is 0 Å². The molecule has 2 N–H and O–H groups in total. The van der Waals surface area contributed by atoms with Gasteiger partial charge in [0.25, 0.3) is 0 Å². The molecule has 1 fully saturated rings. The van der Waals surface area contributed by atoms with Crippen molar-refractivity contribution in [3.63, 3.8) is 0 Å².